The number of alkyl halides is 3. The molecule has 0 bridgehead atoms. The molecular formula is C15H11F3N2O3. The molecule has 2 aromatic carbocycles. The molecular weight excluding hydrogens is 313 g/mol. The van der Waals surface area contributed by atoms with Gasteiger partial charge in [0, 0.05) is 24.2 Å². The molecule has 8 heteroatoms. The Labute approximate surface area is 128 Å². The van der Waals surface area contributed by atoms with Crippen LogP contribution in [0.5, 0.6) is 0 Å². The Morgan fingerprint density at radius 2 is 1.61 bits per heavy atom. The fourth-order valence-corrected chi connectivity index (χ4v) is 1.83. The third-order valence-electron chi connectivity index (χ3n) is 3.07. The van der Waals surface area contributed by atoms with Crippen molar-refractivity contribution >= 4 is 11.6 Å². The Bertz CT molecular complexity index is 710. The summed E-state index contributed by atoms with van der Waals surface area (Å²) in [5.74, 6) is -0.472. The van der Waals surface area contributed by atoms with Crippen molar-refractivity contribution in [3.63, 3.8) is 0 Å². The van der Waals surface area contributed by atoms with Crippen LogP contribution < -0.4 is 5.32 Å². The normalized spacial score (nSPS) is 11.1. The molecule has 2 aromatic rings. The first-order valence-electron chi connectivity index (χ1n) is 6.46. The number of nitrogens with zero attached hydrogens (tertiary/aromatic N) is 1. The van der Waals surface area contributed by atoms with Crippen LogP contribution in [-0.4, -0.2) is 10.8 Å². The lowest BCUT2D eigenvalue weighted by molar-refractivity contribution is -0.384. The summed E-state index contributed by atoms with van der Waals surface area (Å²) in [6.07, 6.45) is -4.40. The molecule has 120 valence electrons. The number of nitro groups is 1. The minimum absolute atomic E-state index is 0.0496. The highest BCUT2D eigenvalue weighted by Crippen LogP contribution is 2.29. The van der Waals surface area contributed by atoms with E-state index in [1.807, 2.05) is 0 Å². The number of benzene rings is 2. The number of rotatable bonds is 4. The Kier molecular flexibility index (Phi) is 4.63. The van der Waals surface area contributed by atoms with E-state index in [9.17, 15) is 28.1 Å². The van der Waals surface area contributed by atoms with Crippen LogP contribution in [-0.2, 0) is 12.7 Å². The van der Waals surface area contributed by atoms with Crippen LogP contribution in [0.1, 0.15) is 21.5 Å². The maximum atomic E-state index is 12.4. The number of carbonyl (C=O) groups is 1. The van der Waals surface area contributed by atoms with Gasteiger partial charge in [-0.1, -0.05) is 12.1 Å². The molecule has 0 aliphatic carbocycles. The molecule has 0 aromatic heterocycles. The largest absolute Gasteiger partial charge is 0.416 e. The highest BCUT2D eigenvalue weighted by atomic mass is 19.4. The van der Waals surface area contributed by atoms with E-state index in [4.69, 9.17) is 0 Å². The monoisotopic (exact) mass is 324 g/mol. The molecule has 0 unspecified atom stereocenters. The summed E-state index contributed by atoms with van der Waals surface area (Å²) in [5, 5.41) is 13.0. The van der Waals surface area contributed by atoms with E-state index in [1.165, 1.54) is 36.4 Å². The van der Waals surface area contributed by atoms with Crippen LogP contribution in [0.2, 0.25) is 0 Å². The van der Waals surface area contributed by atoms with Gasteiger partial charge in [0.05, 0.1) is 10.5 Å². The third-order valence-corrected chi connectivity index (χ3v) is 3.07. The number of nitro benzene ring substituents is 1. The SMILES string of the molecule is O=C(NCc1ccc(C(F)(F)F)cc1)c1ccc([N+](=O)[O-])cc1. The van der Waals surface area contributed by atoms with Crippen molar-refractivity contribution in [1.29, 1.82) is 0 Å². The molecule has 0 spiro atoms. The van der Waals surface area contributed by atoms with Crippen LogP contribution >= 0.6 is 0 Å². The second kappa shape index (κ2) is 6.47. The zero-order valence-electron chi connectivity index (χ0n) is 11.6. The Morgan fingerprint density at radius 3 is 2.09 bits per heavy atom. The van der Waals surface area contributed by atoms with Crippen LogP contribution in [0.25, 0.3) is 0 Å². The van der Waals surface area contributed by atoms with Gasteiger partial charge in [0.1, 0.15) is 0 Å². The molecule has 0 radical (unpaired) electrons. The maximum absolute atomic E-state index is 12.4. The van der Waals surface area contributed by atoms with Gasteiger partial charge < -0.3 is 5.32 Å². The van der Waals surface area contributed by atoms with Crippen molar-refractivity contribution in [3.05, 3.63) is 75.3 Å². The zero-order valence-corrected chi connectivity index (χ0v) is 11.6. The summed E-state index contributed by atoms with van der Waals surface area (Å²) in [5.41, 5.74) is -0.164. The van der Waals surface area contributed by atoms with Gasteiger partial charge in [-0.2, -0.15) is 13.2 Å². The predicted molar refractivity (Wildman–Crippen MR) is 75.7 cm³/mol. The number of halogens is 3. The molecule has 0 fully saturated rings. The van der Waals surface area contributed by atoms with Crippen molar-refractivity contribution in [2.24, 2.45) is 0 Å². The van der Waals surface area contributed by atoms with Crippen LogP contribution in [0.4, 0.5) is 18.9 Å². The summed E-state index contributed by atoms with van der Waals surface area (Å²) in [6, 6.07) is 9.44. The average molecular weight is 324 g/mol. The number of non-ortho nitro benzene ring substituents is 1. The molecule has 0 atom stereocenters. The van der Waals surface area contributed by atoms with Crippen molar-refractivity contribution in [2.45, 2.75) is 12.7 Å². The highest BCUT2D eigenvalue weighted by molar-refractivity contribution is 5.94. The maximum Gasteiger partial charge on any atom is 0.416 e. The Morgan fingerprint density at radius 1 is 1.04 bits per heavy atom. The van der Waals surface area contributed by atoms with Crippen molar-refractivity contribution in [1.82, 2.24) is 5.32 Å². The van der Waals surface area contributed by atoms with E-state index in [0.717, 1.165) is 12.1 Å². The Balaban J connectivity index is 1.97. The average Bonchev–Trinajstić information content (AvgIpc) is 2.52. The van der Waals surface area contributed by atoms with Gasteiger partial charge in [0.25, 0.3) is 11.6 Å². The minimum atomic E-state index is -4.40. The quantitative estimate of drug-likeness (QED) is 0.690. The van der Waals surface area contributed by atoms with E-state index in [1.54, 1.807) is 0 Å². The molecule has 0 saturated heterocycles. The molecule has 0 aliphatic heterocycles. The first kappa shape index (κ1) is 16.5. The fraction of sp³-hybridized carbons (Fsp3) is 0.133. The first-order valence-corrected chi connectivity index (χ1v) is 6.46. The molecule has 0 heterocycles. The summed E-state index contributed by atoms with van der Waals surface area (Å²) >= 11 is 0. The van der Waals surface area contributed by atoms with Crippen LogP contribution in [0.3, 0.4) is 0 Å². The predicted octanol–water partition coefficient (Wildman–Crippen LogP) is 3.54. The number of hydrogen-bond donors (Lipinski definition) is 1. The number of carbonyl (C=O) groups excluding carboxylic acids is 1. The van der Waals surface area contributed by atoms with Gasteiger partial charge in [0.2, 0.25) is 0 Å². The molecule has 0 saturated carbocycles. The third kappa shape index (κ3) is 4.29. The second-order valence-corrected chi connectivity index (χ2v) is 4.68. The Hall–Kier alpha value is -2.90. The smallest absolute Gasteiger partial charge is 0.348 e. The first-order chi connectivity index (χ1) is 10.8. The molecule has 0 aliphatic rings. The molecule has 2 rings (SSSR count). The summed E-state index contributed by atoms with van der Waals surface area (Å²) in [4.78, 5) is 21.8. The van der Waals surface area contributed by atoms with Crippen LogP contribution in [0, 0.1) is 10.1 Å². The molecule has 1 amide bonds. The zero-order chi connectivity index (χ0) is 17.0. The van der Waals surface area contributed by atoms with E-state index < -0.39 is 22.6 Å². The topological polar surface area (TPSA) is 72.2 Å². The number of amides is 1. The lowest BCUT2D eigenvalue weighted by Gasteiger charge is -2.08. The van der Waals surface area contributed by atoms with Crippen molar-refractivity contribution < 1.29 is 22.9 Å². The van der Waals surface area contributed by atoms with Gasteiger partial charge in [0.15, 0.2) is 0 Å². The number of hydrogen-bond acceptors (Lipinski definition) is 3. The van der Waals surface area contributed by atoms with Gasteiger partial charge in [-0.25, -0.2) is 0 Å². The van der Waals surface area contributed by atoms with E-state index in [0.29, 0.717) is 5.56 Å². The second-order valence-electron chi connectivity index (χ2n) is 4.68. The lowest BCUT2D eigenvalue weighted by Crippen LogP contribution is -2.22. The minimum Gasteiger partial charge on any atom is -0.348 e. The molecule has 23 heavy (non-hydrogen) atoms. The molecule has 1 N–H and O–H groups in total. The number of nitrogens with one attached hydrogen (secondary N) is 1. The van der Waals surface area contributed by atoms with Crippen molar-refractivity contribution in [3.8, 4) is 0 Å². The van der Waals surface area contributed by atoms with Crippen molar-refractivity contribution in [2.75, 3.05) is 0 Å². The van der Waals surface area contributed by atoms with E-state index in [2.05, 4.69) is 5.32 Å². The summed E-state index contributed by atoms with van der Waals surface area (Å²) in [7, 11) is 0. The van der Waals surface area contributed by atoms with Gasteiger partial charge in [-0.15, -0.1) is 0 Å². The fourth-order valence-electron chi connectivity index (χ4n) is 1.83. The van der Waals surface area contributed by atoms with Gasteiger partial charge >= 0.3 is 6.18 Å². The van der Waals surface area contributed by atoms with E-state index in [-0.39, 0.29) is 17.8 Å². The summed E-state index contributed by atoms with van der Waals surface area (Å²) < 4.78 is 37.3. The van der Waals surface area contributed by atoms with E-state index >= 15 is 0 Å². The standard InChI is InChI=1S/C15H11F3N2O3/c16-15(17,18)12-5-1-10(2-6-12)9-19-14(21)11-3-7-13(8-4-11)20(22)23/h1-8H,9H2,(H,19,21). The van der Waals surface area contributed by atoms with Gasteiger partial charge in [-0.3, -0.25) is 14.9 Å². The highest BCUT2D eigenvalue weighted by Gasteiger charge is 2.29. The summed E-state index contributed by atoms with van der Waals surface area (Å²) in [6.45, 7) is 0.0496. The molecule has 5 nitrogen and oxygen atoms in total. The van der Waals surface area contributed by atoms with Gasteiger partial charge in [-0.05, 0) is 29.8 Å². The van der Waals surface area contributed by atoms with Crippen LogP contribution in [0.15, 0.2) is 48.5 Å². The lowest BCUT2D eigenvalue weighted by atomic mass is 10.1.